The number of hydrogen-bond acceptors (Lipinski definition) is 20. The standard InChI is InChI=1S/C34H60N2O20/c1-5-6-7-8-9-49-31-19(35-14(3)40)23(44)28(17(11-38)52-31)55-34-27(48)30(22(43)16(10-37)51-34)56-32-20(36-15(4)41)24(45)29(18(12-39)53-32)54-33-26(47)25(46)21(42)13(2)50-33/h13,16-34,37-39,42-48H,5-12H2,1-4H3,(H,35,40)(H,36,41)/t13-,16+,17+,18+,19+,20+,21+,22-,23+,24+,25+,26-,27+,28+,29+,30-,31+,32-,33-,34-/m0/s1. The van der Waals surface area contributed by atoms with Gasteiger partial charge in [-0.2, -0.15) is 0 Å². The zero-order chi connectivity index (χ0) is 41.4. The minimum atomic E-state index is -1.98. The van der Waals surface area contributed by atoms with Gasteiger partial charge in [0, 0.05) is 20.5 Å². The van der Waals surface area contributed by atoms with Crippen molar-refractivity contribution >= 4 is 11.8 Å². The maximum absolute atomic E-state index is 12.3. The molecule has 56 heavy (non-hydrogen) atoms. The van der Waals surface area contributed by atoms with Crippen molar-refractivity contribution in [2.45, 2.75) is 176 Å². The molecular formula is C34H60N2O20. The maximum Gasteiger partial charge on any atom is 0.217 e. The van der Waals surface area contributed by atoms with Gasteiger partial charge in [0.2, 0.25) is 11.8 Å². The first kappa shape index (κ1) is 46.9. The van der Waals surface area contributed by atoms with E-state index in [-0.39, 0.29) is 6.61 Å². The van der Waals surface area contributed by atoms with E-state index in [1.54, 1.807) is 0 Å². The number of amides is 2. The summed E-state index contributed by atoms with van der Waals surface area (Å²) in [6, 6.07) is -2.77. The topological polar surface area (TPSA) is 334 Å². The summed E-state index contributed by atoms with van der Waals surface area (Å²) < 4.78 is 46.4. The van der Waals surface area contributed by atoms with Crippen molar-refractivity contribution in [2.24, 2.45) is 0 Å². The number of nitrogens with one attached hydrogen (secondary N) is 2. The van der Waals surface area contributed by atoms with Crippen LogP contribution < -0.4 is 10.6 Å². The van der Waals surface area contributed by atoms with Crippen LogP contribution in [0.5, 0.6) is 0 Å². The molecule has 4 heterocycles. The van der Waals surface area contributed by atoms with Gasteiger partial charge in [-0.1, -0.05) is 26.2 Å². The van der Waals surface area contributed by atoms with E-state index in [0.29, 0.717) is 6.42 Å². The molecule has 0 aromatic heterocycles. The van der Waals surface area contributed by atoms with Crippen molar-refractivity contribution in [1.29, 1.82) is 0 Å². The molecule has 22 heteroatoms. The Bertz CT molecular complexity index is 1220. The number of rotatable bonds is 17. The molecule has 326 valence electrons. The molecule has 12 N–H and O–H groups in total. The molecule has 4 aliphatic rings. The average molecular weight is 817 g/mol. The maximum atomic E-state index is 12.3. The first-order valence-corrected chi connectivity index (χ1v) is 18.9. The molecule has 4 fully saturated rings. The van der Waals surface area contributed by atoms with E-state index in [4.69, 9.17) is 37.9 Å². The smallest absolute Gasteiger partial charge is 0.217 e. The predicted molar refractivity (Wildman–Crippen MR) is 184 cm³/mol. The molecule has 2 amide bonds. The van der Waals surface area contributed by atoms with Gasteiger partial charge < -0.3 is 99.6 Å². The molecule has 0 aromatic rings. The molecule has 22 nitrogen and oxygen atoms in total. The predicted octanol–water partition coefficient (Wildman–Crippen LogP) is -5.83. The van der Waals surface area contributed by atoms with Crippen LogP contribution in [0.15, 0.2) is 0 Å². The summed E-state index contributed by atoms with van der Waals surface area (Å²) in [5.41, 5.74) is 0. The fourth-order valence-electron chi connectivity index (χ4n) is 7.15. The second kappa shape index (κ2) is 21.5. The van der Waals surface area contributed by atoms with E-state index in [0.717, 1.165) is 26.2 Å². The SMILES string of the molecule is CCCCCCO[C@@H]1O[C@H](CO)[C@@H](O[C@@H]2O[C@H](CO)[C@H](O)[C@H](O[C@@H]3O[C@H](CO)[C@@H](O[C@@H]4O[C@@H](C)[C@@H](O)[C@@H](O)[C@@H]4O)[C@H](O)[C@H]3NC(C)=O)[C@H]2O)[C@H](O)[C@H]1NC(C)=O. The number of aliphatic hydroxyl groups is 10. The van der Waals surface area contributed by atoms with E-state index < -0.39 is 154 Å². The molecular weight excluding hydrogens is 756 g/mol. The minimum absolute atomic E-state index is 0.223. The van der Waals surface area contributed by atoms with E-state index in [9.17, 15) is 60.7 Å². The number of ether oxygens (including phenoxy) is 8. The van der Waals surface area contributed by atoms with Crippen molar-refractivity contribution in [1.82, 2.24) is 10.6 Å². The highest BCUT2D eigenvalue weighted by atomic mass is 16.8. The highest BCUT2D eigenvalue weighted by molar-refractivity contribution is 5.73. The van der Waals surface area contributed by atoms with Crippen molar-refractivity contribution in [3.63, 3.8) is 0 Å². The van der Waals surface area contributed by atoms with Crippen molar-refractivity contribution < 1.29 is 98.5 Å². The Morgan fingerprint density at radius 1 is 0.536 bits per heavy atom. The number of aliphatic hydroxyl groups excluding tert-OH is 10. The van der Waals surface area contributed by atoms with Crippen LogP contribution in [0.3, 0.4) is 0 Å². The third kappa shape index (κ3) is 11.1. The van der Waals surface area contributed by atoms with Gasteiger partial charge in [-0.05, 0) is 13.3 Å². The molecule has 0 spiro atoms. The monoisotopic (exact) mass is 816 g/mol. The molecule has 0 aliphatic carbocycles. The van der Waals surface area contributed by atoms with Crippen LogP contribution in [0.25, 0.3) is 0 Å². The number of unbranched alkanes of at least 4 members (excludes halogenated alkanes) is 3. The zero-order valence-electron chi connectivity index (χ0n) is 31.8. The number of carbonyl (C=O) groups is 2. The molecule has 0 unspecified atom stereocenters. The first-order valence-electron chi connectivity index (χ1n) is 18.9. The Hall–Kier alpha value is -1.78. The van der Waals surface area contributed by atoms with Gasteiger partial charge in [0.25, 0.3) is 0 Å². The lowest BCUT2D eigenvalue weighted by molar-refractivity contribution is -0.377. The van der Waals surface area contributed by atoms with Crippen molar-refractivity contribution in [2.75, 3.05) is 26.4 Å². The summed E-state index contributed by atoms with van der Waals surface area (Å²) in [5, 5.41) is 112. The summed E-state index contributed by atoms with van der Waals surface area (Å²) >= 11 is 0. The highest BCUT2D eigenvalue weighted by Gasteiger charge is 2.55. The van der Waals surface area contributed by atoms with Crippen LogP contribution >= 0.6 is 0 Å². The van der Waals surface area contributed by atoms with Crippen LogP contribution in [0.1, 0.15) is 53.4 Å². The second-order valence-corrected chi connectivity index (χ2v) is 14.5. The van der Waals surface area contributed by atoms with Crippen LogP contribution in [-0.2, 0) is 47.5 Å². The number of hydrogen-bond donors (Lipinski definition) is 12. The average Bonchev–Trinajstić information content (AvgIpc) is 3.16. The fourth-order valence-corrected chi connectivity index (χ4v) is 7.15. The van der Waals surface area contributed by atoms with Gasteiger partial charge in [0.1, 0.15) is 91.4 Å². The lowest BCUT2D eigenvalue weighted by Crippen LogP contribution is -2.70. The van der Waals surface area contributed by atoms with Gasteiger partial charge >= 0.3 is 0 Å². The van der Waals surface area contributed by atoms with Crippen molar-refractivity contribution in [3.8, 4) is 0 Å². The minimum Gasteiger partial charge on any atom is -0.394 e. The first-order chi connectivity index (χ1) is 26.6. The van der Waals surface area contributed by atoms with E-state index >= 15 is 0 Å². The van der Waals surface area contributed by atoms with Gasteiger partial charge in [-0.15, -0.1) is 0 Å². The molecule has 0 radical (unpaired) electrons. The van der Waals surface area contributed by atoms with Crippen LogP contribution in [-0.4, -0.2) is 212 Å². The molecule has 0 bridgehead atoms. The van der Waals surface area contributed by atoms with Crippen LogP contribution in [0.4, 0.5) is 0 Å². The summed E-state index contributed by atoms with van der Waals surface area (Å²) in [6.07, 6.45) is -25.4. The lowest BCUT2D eigenvalue weighted by atomic mass is 9.94. The molecule has 0 aromatic carbocycles. The molecule has 0 saturated carbocycles. The van der Waals surface area contributed by atoms with Crippen LogP contribution in [0.2, 0.25) is 0 Å². The van der Waals surface area contributed by atoms with E-state index in [1.165, 1.54) is 13.8 Å². The number of carbonyl (C=O) groups excluding carboxylic acids is 2. The highest BCUT2D eigenvalue weighted by Crippen LogP contribution is 2.34. The Morgan fingerprint density at radius 2 is 1.02 bits per heavy atom. The van der Waals surface area contributed by atoms with Crippen molar-refractivity contribution in [3.05, 3.63) is 0 Å². The largest absolute Gasteiger partial charge is 0.394 e. The van der Waals surface area contributed by atoms with Gasteiger partial charge in [0.15, 0.2) is 25.2 Å². The Labute approximate surface area is 323 Å². The summed E-state index contributed by atoms with van der Waals surface area (Å²) in [4.78, 5) is 24.4. The Morgan fingerprint density at radius 3 is 1.54 bits per heavy atom. The molecule has 20 atom stereocenters. The second-order valence-electron chi connectivity index (χ2n) is 14.5. The fraction of sp³-hybridized carbons (Fsp3) is 0.941. The Balaban J connectivity index is 1.54. The third-order valence-corrected chi connectivity index (χ3v) is 10.2. The summed E-state index contributed by atoms with van der Waals surface area (Å²) in [5.74, 6) is -1.26. The molecule has 4 saturated heterocycles. The quantitative estimate of drug-likeness (QED) is 0.0608. The summed E-state index contributed by atoms with van der Waals surface area (Å²) in [6.45, 7) is 3.53. The zero-order valence-corrected chi connectivity index (χ0v) is 31.8. The Kier molecular flexibility index (Phi) is 18.0. The third-order valence-electron chi connectivity index (χ3n) is 10.2. The van der Waals surface area contributed by atoms with Crippen LogP contribution in [0, 0.1) is 0 Å². The normalized spacial score (nSPS) is 44.6. The van der Waals surface area contributed by atoms with Gasteiger partial charge in [0.05, 0.1) is 25.9 Å². The van der Waals surface area contributed by atoms with Gasteiger partial charge in [-0.3, -0.25) is 9.59 Å². The van der Waals surface area contributed by atoms with E-state index in [1.807, 2.05) is 6.92 Å². The van der Waals surface area contributed by atoms with Gasteiger partial charge in [-0.25, -0.2) is 0 Å². The summed E-state index contributed by atoms with van der Waals surface area (Å²) in [7, 11) is 0. The van der Waals surface area contributed by atoms with E-state index in [2.05, 4.69) is 10.6 Å². The lowest BCUT2D eigenvalue weighted by Gasteiger charge is -2.50. The molecule has 4 rings (SSSR count). The molecule has 4 aliphatic heterocycles.